The summed E-state index contributed by atoms with van der Waals surface area (Å²) < 4.78 is 5.75. The van der Waals surface area contributed by atoms with Crippen molar-refractivity contribution in [1.29, 1.82) is 5.41 Å². The van der Waals surface area contributed by atoms with Crippen molar-refractivity contribution in [2.45, 2.75) is 13.8 Å². The molecule has 0 heterocycles. The first-order valence-corrected chi connectivity index (χ1v) is 6.26. The van der Waals surface area contributed by atoms with Crippen LogP contribution < -0.4 is 10.5 Å². The molecule has 0 saturated heterocycles. The van der Waals surface area contributed by atoms with E-state index in [2.05, 4.69) is 0 Å². The first kappa shape index (κ1) is 14.5. The van der Waals surface area contributed by atoms with Crippen molar-refractivity contribution in [2.75, 3.05) is 0 Å². The van der Waals surface area contributed by atoms with E-state index in [1.807, 2.05) is 13.0 Å². The second kappa shape index (κ2) is 5.62. The Hall–Kier alpha value is -2.89. The van der Waals surface area contributed by atoms with Gasteiger partial charge in [-0.05, 0) is 37.6 Å². The van der Waals surface area contributed by atoms with Crippen molar-refractivity contribution in [2.24, 2.45) is 5.73 Å². The van der Waals surface area contributed by atoms with Gasteiger partial charge in [0.1, 0.15) is 17.3 Å². The summed E-state index contributed by atoms with van der Waals surface area (Å²) in [6.45, 7) is 3.62. The van der Waals surface area contributed by atoms with Crippen molar-refractivity contribution in [1.82, 2.24) is 0 Å². The number of nitro groups is 1. The topological polar surface area (TPSA) is 102 Å². The molecule has 2 rings (SSSR count). The molecule has 0 fully saturated rings. The number of amidine groups is 1. The molecule has 0 atom stereocenters. The number of nitrogens with zero attached hydrogens (tertiary/aromatic N) is 1. The first-order valence-electron chi connectivity index (χ1n) is 6.26. The van der Waals surface area contributed by atoms with Gasteiger partial charge in [-0.15, -0.1) is 0 Å². The van der Waals surface area contributed by atoms with Gasteiger partial charge in [0, 0.05) is 12.1 Å². The van der Waals surface area contributed by atoms with Gasteiger partial charge in [-0.3, -0.25) is 15.5 Å². The van der Waals surface area contributed by atoms with Gasteiger partial charge < -0.3 is 10.5 Å². The second-order valence-electron chi connectivity index (χ2n) is 4.72. The van der Waals surface area contributed by atoms with E-state index in [1.54, 1.807) is 19.1 Å². The monoisotopic (exact) mass is 285 g/mol. The van der Waals surface area contributed by atoms with E-state index >= 15 is 0 Å². The number of benzene rings is 2. The van der Waals surface area contributed by atoms with E-state index in [0.29, 0.717) is 22.6 Å². The molecule has 6 nitrogen and oxygen atoms in total. The Morgan fingerprint density at radius 1 is 1.19 bits per heavy atom. The molecular formula is C15H15N3O3. The van der Waals surface area contributed by atoms with Crippen LogP contribution in [0.4, 0.5) is 5.69 Å². The van der Waals surface area contributed by atoms with Crippen LogP contribution in [0.5, 0.6) is 11.5 Å². The zero-order valence-corrected chi connectivity index (χ0v) is 11.7. The van der Waals surface area contributed by atoms with E-state index in [0.717, 1.165) is 5.56 Å². The molecule has 2 aromatic carbocycles. The lowest BCUT2D eigenvalue weighted by Gasteiger charge is -2.12. The summed E-state index contributed by atoms with van der Waals surface area (Å²) in [7, 11) is 0. The number of hydrogen-bond acceptors (Lipinski definition) is 4. The van der Waals surface area contributed by atoms with Gasteiger partial charge in [0.05, 0.1) is 10.5 Å². The Morgan fingerprint density at radius 2 is 1.86 bits per heavy atom. The first-order chi connectivity index (χ1) is 9.88. The minimum atomic E-state index is -0.455. The third kappa shape index (κ3) is 3.17. The van der Waals surface area contributed by atoms with Gasteiger partial charge in [-0.2, -0.15) is 0 Å². The summed E-state index contributed by atoms with van der Waals surface area (Å²) in [5, 5.41) is 18.3. The van der Waals surface area contributed by atoms with E-state index < -0.39 is 4.92 Å². The largest absolute Gasteiger partial charge is 0.456 e. The highest BCUT2D eigenvalue weighted by Gasteiger charge is 2.12. The van der Waals surface area contributed by atoms with Crippen LogP contribution in [0.2, 0.25) is 0 Å². The third-order valence-corrected chi connectivity index (χ3v) is 3.01. The number of hydrogen-bond donors (Lipinski definition) is 2. The van der Waals surface area contributed by atoms with E-state index in [-0.39, 0.29) is 11.5 Å². The van der Waals surface area contributed by atoms with Crippen LogP contribution in [-0.2, 0) is 0 Å². The predicted octanol–water partition coefficient (Wildman–Crippen LogP) is 3.29. The van der Waals surface area contributed by atoms with Gasteiger partial charge in [-0.1, -0.05) is 11.6 Å². The average molecular weight is 285 g/mol. The van der Waals surface area contributed by atoms with Crippen LogP contribution in [0.15, 0.2) is 36.4 Å². The standard InChI is InChI=1S/C15H15N3O3/c1-9-3-5-14(12(7-9)15(16)17)21-13-6-4-11(18(19)20)8-10(13)2/h3-8H,1-2H3,(H3,16,17). The molecule has 0 aliphatic rings. The smallest absolute Gasteiger partial charge is 0.269 e. The number of nitrogen functional groups attached to an aromatic ring is 1. The van der Waals surface area contributed by atoms with Crippen molar-refractivity contribution in [3.05, 3.63) is 63.2 Å². The van der Waals surface area contributed by atoms with Gasteiger partial charge in [0.25, 0.3) is 5.69 Å². The van der Waals surface area contributed by atoms with Crippen LogP contribution in [-0.4, -0.2) is 10.8 Å². The molecule has 2 aromatic rings. The number of rotatable bonds is 4. The molecule has 0 amide bonds. The number of nitro benzene ring substituents is 1. The van der Waals surface area contributed by atoms with Crippen LogP contribution in [0.1, 0.15) is 16.7 Å². The fraction of sp³-hybridized carbons (Fsp3) is 0.133. The predicted molar refractivity (Wildman–Crippen MR) is 80.1 cm³/mol. The Bertz CT molecular complexity index is 726. The Morgan fingerprint density at radius 3 is 2.43 bits per heavy atom. The lowest BCUT2D eigenvalue weighted by molar-refractivity contribution is -0.384. The minimum Gasteiger partial charge on any atom is -0.456 e. The highest BCUT2D eigenvalue weighted by Crippen LogP contribution is 2.30. The van der Waals surface area contributed by atoms with Crippen LogP contribution in [0, 0.1) is 29.4 Å². The molecule has 0 saturated carbocycles. The van der Waals surface area contributed by atoms with Crippen molar-refractivity contribution >= 4 is 11.5 Å². The summed E-state index contributed by atoms with van der Waals surface area (Å²) in [6, 6.07) is 9.70. The summed E-state index contributed by atoms with van der Waals surface area (Å²) >= 11 is 0. The van der Waals surface area contributed by atoms with E-state index in [1.165, 1.54) is 18.2 Å². The molecule has 0 radical (unpaired) electrons. The summed E-state index contributed by atoms with van der Waals surface area (Å²) in [5.74, 6) is 0.852. The lowest BCUT2D eigenvalue weighted by Crippen LogP contribution is -2.12. The molecule has 0 spiro atoms. The quantitative estimate of drug-likeness (QED) is 0.389. The van der Waals surface area contributed by atoms with E-state index in [4.69, 9.17) is 15.9 Å². The molecule has 6 heteroatoms. The molecule has 108 valence electrons. The van der Waals surface area contributed by atoms with Gasteiger partial charge >= 0.3 is 0 Å². The highest BCUT2D eigenvalue weighted by molar-refractivity contribution is 5.97. The number of nitrogens with one attached hydrogen (secondary N) is 1. The van der Waals surface area contributed by atoms with Gasteiger partial charge in [-0.25, -0.2) is 0 Å². The maximum absolute atomic E-state index is 10.7. The maximum Gasteiger partial charge on any atom is 0.269 e. The SMILES string of the molecule is Cc1ccc(Oc2ccc([N+](=O)[O-])cc2C)c(C(=N)N)c1. The highest BCUT2D eigenvalue weighted by atomic mass is 16.6. The van der Waals surface area contributed by atoms with Crippen molar-refractivity contribution in [3.63, 3.8) is 0 Å². The lowest BCUT2D eigenvalue weighted by atomic mass is 10.1. The van der Waals surface area contributed by atoms with Crippen molar-refractivity contribution in [3.8, 4) is 11.5 Å². The zero-order chi connectivity index (χ0) is 15.6. The van der Waals surface area contributed by atoms with Crippen LogP contribution in [0.25, 0.3) is 0 Å². The fourth-order valence-corrected chi connectivity index (χ4v) is 1.92. The minimum absolute atomic E-state index is 0.00977. The second-order valence-corrected chi connectivity index (χ2v) is 4.72. The Labute approximate surface area is 121 Å². The van der Waals surface area contributed by atoms with Crippen LogP contribution in [0.3, 0.4) is 0 Å². The molecule has 0 aliphatic heterocycles. The number of nitrogens with two attached hydrogens (primary N) is 1. The Balaban J connectivity index is 2.39. The molecule has 0 aromatic heterocycles. The van der Waals surface area contributed by atoms with Gasteiger partial charge in [0.2, 0.25) is 0 Å². The molecule has 3 N–H and O–H groups in total. The molecule has 0 bridgehead atoms. The average Bonchev–Trinajstić information content (AvgIpc) is 2.42. The summed E-state index contributed by atoms with van der Waals surface area (Å²) in [4.78, 5) is 10.3. The molecule has 0 unspecified atom stereocenters. The zero-order valence-electron chi connectivity index (χ0n) is 11.7. The number of aryl methyl sites for hydroxylation is 2. The number of ether oxygens (including phenoxy) is 1. The van der Waals surface area contributed by atoms with Gasteiger partial charge in [0.15, 0.2) is 0 Å². The summed E-state index contributed by atoms with van der Waals surface area (Å²) in [5.41, 5.74) is 7.66. The molecule has 0 aliphatic carbocycles. The third-order valence-electron chi connectivity index (χ3n) is 3.01. The maximum atomic E-state index is 10.7. The summed E-state index contributed by atoms with van der Waals surface area (Å²) in [6.07, 6.45) is 0. The molecular weight excluding hydrogens is 270 g/mol. The number of non-ortho nitro benzene ring substituents is 1. The van der Waals surface area contributed by atoms with Crippen molar-refractivity contribution < 1.29 is 9.66 Å². The molecule has 21 heavy (non-hydrogen) atoms. The normalized spacial score (nSPS) is 10.2. The van der Waals surface area contributed by atoms with Crippen LogP contribution >= 0.6 is 0 Å². The fourth-order valence-electron chi connectivity index (χ4n) is 1.92. The Kier molecular flexibility index (Phi) is 3.89. The van der Waals surface area contributed by atoms with E-state index in [9.17, 15) is 10.1 Å².